The number of rotatable bonds is 2. The third-order valence-electron chi connectivity index (χ3n) is 2.36. The van der Waals surface area contributed by atoms with Gasteiger partial charge in [0, 0.05) is 12.1 Å². The lowest BCUT2D eigenvalue weighted by molar-refractivity contribution is 0.307. The fourth-order valence-electron chi connectivity index (χ4n) is 1.74. The van der Waals surface area contributed by atoms with Gasteiger partial charge in [0.2, 0.25) is 0 Å². The van der Waals surface area contributed by atoms with Crippen LogP contribution in [0.3, 0.4) is 0 Å². The fraction of sp³-hybridized carbons (Fsp3) is 1.00. The molecule has 0 radical (unpaired) electrons. The molecule has 11 heavy (non-hydrogen) atoms. The first-order valence-electron chi connectivity index (χ1n) is 4.69. The maximum atomic E-state index is 5.96. The Kier molecular flexibility index (Phi) is 3.34. The molecule has 1 aliphatic heterocycles. The van der Waals surface area contributed by atoms with Gasteiger partial charge in [-0.3, -0.25) is 0 Å². The van der Waals surface area contributed by atoms with E-state index in [2.05, 4.69) is 19.2 Å². The van der Waals surface area contributed by atoms with E-state index < -0.39 is 0 Å². The van der Waals surface area contributed by atoms with Crippen LogP contribution in [0.5, 0.6) is 0 Å². The Hall–Kier alpha value is -0.0800. The number of nitrogens with two attached hydrogens (primary N) is 1. The van der Waals surface area contributed by atoms with Crippen molar-refractivity contribution in [2.24, 2.45) is 11.7 Å². The molecule has 2 atom stereocenters. The minimum Gasteiger partial charge on any atom is -0.326 e. The molecule has 0 aromatic heterocycles. The van der Waals surface area contributed by atoms with Gasteiger partial charge in [-0.05, 0) is 31.7 Å². The molecule has 0 saturated carbocycles. The van der Waals surface area contributed by atoms with Crippen molar-refractivity contribution in [2.75, 3.05) is 6.54 Å². The van der Waals surface area contributed by atoms with Crippen LogP contribution in [0.2, 0.25) is 0 Å². The van der Waals surface area contributed by atoms with Crippen molar-refractivity contribution in [2.45, 2.75) is 45.2 Å². The predicted molar refractivity (Wildman–Crippen MR) is 48.5 cm³/mol. The minimum absolute atomic E-state index is 0.395. The average molecular weight is 156 g/mol. The summed E-state index contributed by atoms with van der Waals surface area (Å²) in [5, 5.41) is 3.48. The molecule has 3 N–H and O–H groups in total. The van der Waals surface area contributed by atoms with E-state index in [4.69, 9.17) is 5.73 Å². The molecule has 0 spiro atoms. The lowest BCUT2D eigenvalue weighted by Gasteiger charge is -2.31. The highest BCUT2D eigenvalue weighted by Gasteiger charge is 2.21. The second kappa shape index (κ2) is 4.07. The molecule has 0 aromatic carbocycles. The molecule has 1 saturated heterocycles. The zero-order valence-electron chi connectivity index (χ0n) is 7.64. The highest BCUT2D eigenvalue weighted by Crippen LogP contribution is 2.13. The van der Waals surface area contributed by atoms with E-state index >= 15 is 0 Å². The first kappa shape index (κ1) is 9.01. The summed E-state index contributed by atoms with van der Waals surface area (Å²) in [6.45, 7) is 5.66. The zero-order valence-corrected chi connectivity index (χ0v) is 7.64. The van der Waals surface area contributed by atoms with E-state index in [9.17, 15) is 0 Å². The van der Waals surface area contributed by atoms with E-state index in [1.807, 2.05) is 0 Å². The van der Waals surface area contributed by atoms with Gasteiger partial charge in [0.25, 0.3) is 0 Å². The zero-order chi connectivity index (χ0) is 8.27. The lowest BCUT2D eigenvalue weighted by Crippen LogP contribution is -2.49. The van der Waals surface area contributed by atoms with Gasteiger partial charge in [0.1, 0.15) is 0 Å². The van der Waals surface area contributed by atoms with Crippen molar-refractivity contribution in [3.63, 3.8) is 0 Å². The van der Waals surface area contributed by atoms with Crippen molar-refractivity contribution in [3.8, 4) is 0 Å². The summed E-state index contributed by atoms with van der Waals surface area (Å²) in [5.74, 6) is 0.761. The molecule has 1 heterocycles. The normalized spacial score (nSPS) is 32.7. The van der Waals surface area contributed by atoms with E-state index in [1.54, 1.807) is 0 Å². The van der Waals surface area contributed by atoms with Gasteiger partial charge in [-0.1, -0.05) is 13.8 Å². The van der Waals surface area contributed by atoms with Crippen molar-refractivity contribution < 1.29 is 0 Å². The first-order valence-corrected chi connectivity index (χ1v) is 4.69. The maximum absolute atomic E-state index is 5.96. The Balaban J connectivity index is 2.29. The van der Waals surface area contributed by atoms with Crippen LogP contribution in [0.15, 0.2) is 0 Å². The molecule has 2 nitrogen and oxygen atoms in total. The van der Waals surface area contributed by atoms with E-state index in [0.29, 0.717) is 12.1 Å². The van der Waals surface area contributed by atoms with Crippen molar-refractivity contribution in [1.29, 1.82) is 0 Å². The van der Waals surface area contributed by atoms with Crippen LogP contribution in [-0.2, 0) is 0 Å². The molecular formula is C9H20N2. The fourth-order valence-corrected chi connectivity index (χ4v) is 1.74. The average Bonchev–Trinajstić information content (AvgIpc) is 1.93. The second-order valence-electron chi connectivity index (χ2n) is 4.00. The van der Waals surface area contributed by atoms with E-state index in [1.165, 1.54) is 19.3 Å². The van der Waals surface area contributed by atoms with Crippen LogP contribution in [-0.4, -0.2) is 18.6 Å². The van der Waals surface area contributed by atoms with Crippen LogP contribution in [0, 0.1) is 5.92 Å². The van der Waals surface area contributed by atoms with Gasteiger partial charge in [0.05, 0.1) is 0 Å². The Morgan fingerprint density at radius 1 is 1.55 bits per heavy atom. The molecule has 0 bridgehead atoms. The Bertz CT molecular complexity index is 112. The summed E-state index contributed by atoms with van der Waals surface area (Å²) in [7, 11) is 0. The summed E-state index contributed by atoms with van der Waals surface area (Å²) in [6, 6.07) is 0.967. The Labute approximate surface area is 69.5 Å². The Morgan fingerprint density at radius 2 is 2.27 bits per heavy atom. The van der Waals surface area contributed by atoms with Crippen molar-refractivity contribution in [1.82, 2.24) is 5.32 Å². The largest absolute Gasteiger partial charge is 0.326 e. The molecule has 1 fully saturated rings. The first-order chi connectivity index (χ1) is 5.20. The van der Waals surface area contributed by atoms with Crippen LogP contribution >= 0.6 is 0 Å². The molecule has 1 aliphatic rings. The highest BCUT2D eigenvalue weighted by atomic mass is 15.0. The van der Waals surface area contributed by atoms with Crippen LogP contribution in [0.4, 0.5) is 0 Å². The molecule has 0 amide bonds. The van der Waals surface area contributed by atoms with Crippen molar-refractivity contribution in [3.05, 3.63) is 0 Å². The number of hydrogen-bond acceptors (Lipinski definition) is 2. The van der Waals surface area contributed by atoms with Gasteiger partial charge in [0.15, 0.2) is 0 Å². The van der Waals surface area contributed by atoms with Gasteiger partial charge >= 0.3 is 0 Å². The topological polar surface area (TPSA) is 38.0 Å². The molecule has 0 aliphatic carbocycles. The van der Waals surface area contributed by atoms with Gasteiger partial charge < -0.3 is 11.1 Å². The number of nitrogens with one attached hydrogen (secondary N) is 1. The molecule has 2 unspecified atom stereocenters. The molecular weight excluding hydrogens is 136 g/mol. The molecule has 0 aromatic rings. The summed E-state index contributed by atoms with van der Waals surface area (Å²) < 4.78 is 0. The second-order valence-corrected chi connectivity index (χ2v) is 4.00. The predicted octanol–water partition coefficient (Wildman–Crippen LogP) is 1.11. The standard InChI is InChI=1S/C9H20N2/c1-7(2)6-9-8(10)4-3-5-11-9/h7-9,11H,3-6,10H2,1-2H3. The van der Waals surface area contributed by atoms with Gasteiger partial charge in [-0.2, -0.15) is 0 Å². The minimum atomic E-state index is 0.395. The smallest absolute Gasteiger partial charge is 0.0221 e. The van der Waals surface area contributed by atoms with E-state index in [0.717, 1.165) is 12.5 Å². The molecule has 66 valence electrons. The summed E-state index contributed by atoms with van der Waals surface area (Å²) in [4.78, 5) is 0. The summed E-state index contributed by atoms with van der Waals surface area (Å²) in [5.41, 5.74) is 5.96. The summed E-state index contributed by atoms with van der Waals surface area (Å²) in [6.07, 6.45) is 3.67. The van der Waals surface area contributed by atoms with Gasteiger partial charge in [-0.25, -0.2) is 0 Å². The lowest BCUT2D eigenvalue weighted by atomic mass is 9.92. The summed E-state index contributed by atoms with van der Waals surface area (Å²) >= 11 is 0. The van der Waals surface area contributed by atoms with Crippen LogP contribution in [0.25, 0.3) is 0 Å². The Morgan fingerprint density at radius 3 is 2.82 bits per heavy atom. The van der Waals surface area contributed by atoms with E-state index in [-0.39, 0.29) is 0 Å². The third kappa shape index (κ3) is 2.80. The van der Waals surface area contributed by atoms with Crippen LogP contribution < -0.4 is 11.1 Å². The quantitative estimate of drug-likeness (QED) is 0.628. The van der Waals surface area contributed by atoms with Crippen molar-refractivity contribution >= 4 is 0 Å². The molecule has 1 rings (SSSR count). The highest BCUT2D eigenvalue weighted by molar-refractivity contribution is 4.84. The monoisotopic (exact) mass is 156 g/mol. The molecule has 2 heteroatoms. The number of piperidine rings is 1. The van der Waals surface area contributed by atoms with Crippen LogP contribution in [0.1, 0.15) is 33.1 Å². The SMILES string of the molecule is CC(C)CC1NCCCC1N. The maximum Gasteiger partial charge on any atom is 0.0221 e. The third-order valence-corrected chi connectivity index (χ3v) is 2.36. The van der Waals surface area contributed by atoms with Gasteiger partial charge in [-0.15, -0.1) is 0 Å². The number of hydrogen-bond donors (Lipinski definition) is 2.